The fraction of sp³-hybridized carbons (Fsp3) is 0.400. The molecule has 0 fully saturated rings. The van der Waals surface area contributed by atoms with Gasteiger partial charge in [-0.25, -0.2) is 0 Å². The molecule has 0 unspecified atom stereocenters. The van der Waals surface area contributed by atoms with Crippen molar-refractivity contribution in [1.82, 2.24) is 4.90 Å². The fourth-order valence-electron chi connectivity index (χ4n) is 1.73. The van der Waals surface area contributed by atoms with E-state index in [2.05, 4.69) is 0 Å². The molecule has 0 aliphatic carbocycles. The lowest BCUT2D eigenvalue weighted by Crippen LogP contribution is -2.22. The first-order chi connectivity index (χ1) is 9.40. The highest BCUT2D eigenvalue weighted by Gasteiger charge is 2.08. The van der Waals surface area contributed by atoms with Crippen molar-refractivity contribution >= 4 is 17.7 Å². The fourth-order valence-corrected chi connectivity index (χ4v) is 1.73. The van der Waals surface area contributed by atoms with E-state index in [4.69, 9.17) is 5.11 Å². The zero-order chi connectivity index (χ0) is 15.1. The summed E-state index contributed by atoms with van der Waals surface area (Å²) in [6.45, 7) is 2.00. The second-order valence-corrected chi connectivity index (χ2v) is 4.74. The van der Waals surface area contributed by atoms with Crippen LogP contribution in [0.1, 0.15) is 42.1 Å². The van der Waals surface area contributed by atoms with Crippen molar-refractivity contribution in [2.75, 3.05) is 7.05 Å². The number of benzene rings is 1. The van der Waals surface area contributed by atoms with Crippen LogP contribution in [0, 0.1) is 0 Å². The number of aliphatic carboxylic acids is 1. The van der Waals surface area contributed by atoms with Crippen LogP contribution in [0.15, 0.2) is 24.3 Å². The summed E-state index contributed by atoms with van der Waals surface area (Å²) in [5, 5.41) is 8.52. The Hall–Kier alpha value is -2.17. The average Bonchev–Trinajstić information content (AvgIpc) is 2.38. The number of amides is 1. The summed E-state index contributed by atoms with van der Waals surface area (Å²) in [6.07, 6.45) is 0.592. The molecule has 0 radical (unpaired) electrons. The Morgan fingerprint density at radius 2 is 1.70 bits per heavy atom. The molecule has 1 N–H and O–H groups in total. The van der Waals surface area contributed by atoms with Crippen LogP contribution >= 0.6 is 0 Å². The third-order valence-corrected chi connectivity index (χ3v) is 3.03. The normalized spacial score (nSPS) is 10.1. The van der Waals surface area contributed by atoms with Crippen molar-refractivity contribution in [3.63, 3.8) is 0 Å². The van der Waals surface area contributed by atoms with E-state index < -0.39 is 5.97 Å². The smallest absolute Gasteiger partial charge is 0.303 e. The average molecular weight is 277 g/mol. The molecule has 5 nitrogen and oxygen atoms in total. The number of carbonyl (C=O) groups excluding carboxylic acids is 2. The molecule has 20 heavy (non-hydrogen) atoms. The largest absolute Gasteiger partial charge is 0.481 e. The molecule has 0 spiro atoms. The summed E-state index contributed by atoms with van der Waals surface area (Å²) in [5.74, 6) is -0.961. The van der Waals surface area contributed by atoms with Crippen molar-refractivity contribution in [2.24, 2.45) is 0 Å². The lowest BCUT2D eigenvalue weighted by Gasteiger charge is -2.14. The number of hydrogen-bond acceptors (Lipinski definition) is 3. The molecule has 1 aromatic carbocycles. The molecule has 108 valence electrons. The molecule has 1 aromatic rings. The minimum absolute atomic E-state index is 0.00717. The molecule has 1 rings (SSSR count). The highest BCUT2D eigenvalue weighted by Crippen LogP contribution is 2.10. The predicted octanol–water partition coefficient (Wildman–Crippen LogP) is 2.10. The summed E-state index contributed by atoms with van der Waals surface area (Å²) in [4.78, 5) is 34.9. The molecule has 0 saturated heterocycles. The quantitative estimate of drug-likeness (QED) is 0.774. The minimum atomic E-state index is -0.889. The second-order valence-electron chi connectivity index (χ2n) is 4.74. The molecule has 0 aromatic heterocycles. The van der Waals surface area contributed by atoms with Gasteiger partial charge in [0.1, 0.15) is 0 Å². The molecule has 0 atom stereocenters. The van der Waals surface area contributed by atoms with E-state index in [9.17, 15) is 14.4 Å². The topological polar surface area (TPSA) is 74.7 Å². The molecule has 1 amide bonds. The summed E-state index contributed by atoms with van der Waals surface area (Å²) in [7, 11) is 1.72. The van der Waals surface area contributed by atoms with Gasteiger partial charge in [-0.15, -0.1) is 0 Å². The molecule has 5 heteroatoms. The van der Waals surface area contributed by atoms with Crippen molar-refractivity contribution in [3.05, 3.63) is 35.4 Å². The molecular formula is C15H19NO4. The van der Waals surface area contributed by atoms with E-state index in [0.29, 0.717) is 18.5 Å². The van der Waals surface area contributed by atoms with Crippen LogP contribution in [0.4, 0.5) is 0 Å². The monoisotopic (exact) mass is 277 g/mol. The lowest BCUT2D eigenvalue weighted by atomic mass is 10.0. The van der Waals surface area contributed by atoms with Crippen LogP contribution in [0.3, 0.4) is 0 Å². The molecule has 0 heterocycles. The van der Waals surface area contributed by atoms with Crippen LogP contribution in [0.5, 0.6) is 0 Å². The highest BCUT2D eigenvalue weighted by atomic mass is 16.4. The number of carboxylic acid groups (broad SMARTS) is 1. The summed E-state index contributed by atoms with van der Waals surface area (Å²) in [6, 6.07) is 7.05. The number of nitrogens with zero attached hydrogens (tertiary/aromatic N) is 1. The van der Waals surface area contributed by atoms with E-state index in [-0.39, 0.29) is 24.5 Å². The third kappa shape index (κ3) is 5.22. The first-order valence-corrected chi connectivity index (χ1v) is 6.46. The van der Waals surface area contributed by atoms with Gasteiger partial charge >= 0.3 is 5.97 Å². The van der Waals surface area contributed by atoms with Crippen molar-refractivity contribution < 1.29 is 19.5 Å². The number of carbonyl (C=O) groups is 3. The Bertz CT molecular complexity index is 493. The van der Waals surface area contributed by atoms with Crippen LogP contribution in [-0.2, 0) is 16.1 Å². The van der Waals surface area contributed by atoms with Crippen LogP contribution in [0.25, 0.3) is 0 Å². The number of hydrogen-bond donors (Lipinski definition) is 1. The molecule has 0 bridgehead atoms. The summed E-state index contributed by atoms with van der Waals surface area (Å²) in [5.41, 5.74) is 1.52. The first kappa shape index (κ1) is 15.9. The Balaban J connectivity index is 2.55. The zero-order valence-electron chi connectivity index (χ0n) is 11.8. The highest BCUT2D eigenvalue weighted by molar-refractivity contribution is 5.96. The Kier molecular flexibility index (Phi) is 5.90. The molecular weight excluding hydrogens is 258 g/mol. The molecule has 0 aliphatic heterocycles. The van der Waals surface area contributed by atoms with E-state index in [1.165, 1.54) is 6.92 Å². The van der Waals surface area contributed by atoms with Crippen LogP contribution in [-0.4, -0.2) is 34.7 Å². The Labute approximate surface area is 118 Å². The Morgan fingerprint density at radius 3 is 2.20 bits per heavy atom. The second kappa shape index (κ2) is 7.43. The SMILES string of the molecule is CC(=O)N(C)Cc1ccc(C(=O)CCCC(=O)O)cc1. The standard InChI is InChI=1S/C15H19NO4/c1-11(17)16(2)10-12-6-8-13(9-7-12)14(18)4-3-5-15(19)20/h6-9H,3-5,10H2,1-2H3,(H,19,20). The first-order valence-electron chi connectivity index (χ1n) is 6.46. The maximum Gasteiger partial charge on any atom is 0.303 e. The van der Waals surface area contributed by atoms with Gasteiger partial charge in [0.2, 0.25) is 5.91 Å². The maximum absolute atomic E-state index is 11.8. The van der Waals surface area contributed by atoms with Gasteiger partial charge in [-0.2, -0.15) is 0 Å². The third-order valence-electron chi connectivity index (χ3n) is 3.03. The number of carboxylic acids is 1. The van der Waals surface area contributed by atoms with Gasteiger partial charge in [0.05, 0.1) is 0 Å². The number of ketones is 1. The van der Waals surface area contributed by atoms with Gasteiger partial charge in [-0.05, 0) is 12.0 Å². The zero-order valence-corrected chi connectivity index (χ0v) is 11.8. The molecule has 0 aliphatic rings. The number of Topliss-reactive ketones (excluding diaryl/α,β-unsaturated/α-hetero) is 1. The van der Waals surface area contributed by atoms with Gasteiger partial charge in [-0.1, -0.05) is 24.3 Å². The Morgan fingerprint density at radius 1 is 1.10 bits per heavy atom. The van der Waals surface area contributed by atoms with E-state index in [0.717, 1.165) is 5.56 Å². The van der Waals surface area contributed by atoms with Crippen molar-refractivity contribution in [2.45, 2.75) is 32.7 Å². The summed E-state index contributed by atoms with van der Waals surface area (Å²) >= 11 is 0. The van der Waals surface area contributed by atoms with Crippen LogP contribution in [0.2, 0.25) is 0 Å². The summed E-state index contributed by atoms with van der Waals surface area (Å²) < 4.78 is 0. The van der Waals surface area contributed by atoms with Gasteiger partial charge in [0, 0.05) is 38.9 Å². The minimum Gasteiger partial charge on any atom is -0.481 e. The van der Waals surface area contributed by atoms with Gasteiger partial charge < -0.3 is 10.0 Å². The van der Waals surface area contributed by atoms with Gasteiger partial charge in [0.25, 0.3) is 0 Å². The van der Waals surface area contributed by atoms with Gasteiger partial charge in [0.15, 0.2) is 5.78 Å². The van der Waals surface area contributed by atoms with E-state index >= 15 is 0 Å². The van der Waals surface area contributed by atoms with E-state index in [1.807, 2.05) is 12.1 Å². The molecule has 0 saturated carbocycles. The van der Waals surface area contributed by atoms with Crippen LogP contribution < -0.4 is 0 Å². The van der Waals surface area contributed by atoms with Gasteiger partial charge in [-0.3, -0.25) is 14.4 Å². The lowest BCUT2D eigenvalue weighted by molar-refractivity contribution is -0.137. The predicted molar refractivity (Wildman–Crippen MR) is 74.4 cm³/mol. The van der Waals surface area contributed by atoms with Crippen molar-refractivity contribution in [3.8, 4) is 0 Å². The van der Waals surface area contributed by atoms with E-state index in [1.54, 1.807) is 24.1 Å². The maximum atomic E-state index is 11.8. The van der Waals surface area contributed by atoms with Crippen molar-refractivity contribution in [1.29, 1.82) is 0 Å². The number of rotatable bonds is 7.